The number of carbonyl (C=O) groups excluding carboxylic acids is 1. The van der Waals surface area contributed by atoms with Gasteiger partial charge in [0, 0.05) is 0 Å². The summed E-state index contributed by atoms with van der Waals surface area (Å²) in [7, 11) is 0. The molecule has 0 saturated heterocycles. The van der Waals surface area contributed by atoms with E-state index in [9.17, 15) is 4.79 Å². The van der Waals surface area contributed by atoms with E-state index in [-0.39, 0.29) is 17.0 Å². The van der Waals surface area contributed by atoms with Gasteiger partial charge in [0.05, 0.1) is 5.41 Å². The summed E-state index contributed by atoms with van der Waals surface area (Å²) in [5.74, 6) is 5.97. The average Bonchev–Trinajstić information content (AvgIpc) is 2.56. The van der Waals surface area contributed by atoms with Crippen LogP contribution >= 0.6 is 0 Å². The molecule has 0 N–H and O–H groups in total. The van der Waals surface area contributed by atoms with Crippen molar-refractivity contribution >= 4 is 5.97 Å². The van der Waals surface area contributed by atoms with Gasteiger partial charge in [-0.15, -0.1) is 0 Å². The Morgan fingerprint density at radius 2 is 1.20 bits per heavy atom. The highest BCUT2D eigenvalue weighted by Crippen LogP contribution is 2.64. The highest BCUT2D eigenvalue weighted by Gasteiger charge is 2.61. The van der Waals surface area contributed by atoms with Crippen LogP contribution in [-0.2, 0) is 9.53 Å². The Hall–Kier alpha value is -0.530. The normalized spacial score (nSPS) is 57.9. The van der Waals surface area contributed by atoms with Gasteiger partial charge in [0.15, 0.2) is 0 Å². The molecule has 8 saturated carbocycles. The van der Waals surface area contributed by atoms with E-state index in [2.05, 4.69) is 6.92 Å². The molecule has 0 heterocycles. The van der Waals surface area contributed by atoms with Crippen molar-refractivity contribution < 1.29 is 9.53 Å². The predicted molar refractivity (Wildman–Crippen MR) is 96.8 cm³/mol. The molecule has 25 heavy (non-hydrogen) atoms. The molecule has 0 aromatic heterocycles. The van der Waals surface area contributed by atoms with E-state index in [1.807, 2.05) is 0 Å². The Morgan fingerprint density at radius 3 is 1.64 bits per heavy atom. The molecule has 8 bridgehead atoms. The van der Waals surface area contributed by atoms with Gasteiger partial charge in [-0.1, -0.05) is 6.92 Å². The second-order valence-corrected chi connectivity index (χ2v) is 11.2. The second kappa shape index (κ2) is 5.04. The van der Waals surface area contributed by atoms with Gasteiger partial charge in [-0.25, -0.2) is 0 Å². The number of rotatable bonds is 3. The first-order valence-corrected chi connectivity index (χ1v) is 11.3. The van der Waals surface area contributed by atoms with E-state index in [4.69, 9.17) is 4.74 Å². The van der Waals surface area contributed by atoms with Crippen LogP contribution in [0.4, 0.5) is 0 Å². The molecule has 8 aliphatic rings. The van der Waals surface area contributed by atoms with Gasteiger partial charge in [0.1, 0.15) is 5.60 Å². The van der Waals surface area contributed by atoms with E-state index < -0.39 is 0 Å². The molecule has 0 aromatic rings. The third kappa shape index (κ3) is 2.06. The van der Waals surface area contributed by atoms with Crippen molar-refractivity contribution in [2.45, 2.75) is 89.6 Å². The number of hydrogen-bond acceptors (Lipinski definition) is 2. The fourth-order valence-corrected chi connectivity index (χ4v) is 9.44. The summed E-state index contributed by atoms with van der Waals surface area (Å²) in [4.78, 5) is 13.6. The van der Waals surface area contributed by atoms with E-state index >= 15 is 0 Å². The third-order valence-corrected chi connectivity index (χ3v) is 9.83. The SMILES string of the molecule is CCC1(OC(=O)C23CC4CC(CC(C4)C2)C3)C2CC3CC(C2)CC1C3. The van der Waals surface area contributed by atoms with E-state index in [1.165, 1.54) is 51.4 Å². The first kappa shape index (κ1) is 15.5. The summed E-state index contributed by atoms with van der Waals surface area (Å²) in [6.07, 6.45) is 15.6. The first-order chi connectivity index (χ1) is 12.1. The molecule has 0 aliphatic heterocycles. The molecule has 0 radical (unpaired) electrons. The molecule has 0 atom stereocenters. The summed E-state index contributed by atoms with van der Waals surface area (Å²) in [6, 6.07) is 0. The summed E-state index contributed by atoms with van der Waals surface area (Å²) in [5, 5.41) is 0. The maximum absolute atomic E-state index is 13.6. The summed E-state index contributed by atoms with van der Waals surface area (Å²) < 4.78 is 6.71. The third-order valence-electron chi connectivity index (χ3n) is 9.83. The molecule has 0 spiro atoms. The minimum atomic E-state index is -0.0894. The monoisotopic (exact) mass is 342 g/mol. The molecular weight excluding hydrogens is 308 g/mol. The molecule has 8 fully saturated rings. The molecule has 8 rings (SSSR count). The van der Waals surface area contributed by atoms with Crippen molar-refractivity contribution in [2.75, 3.05) is 0 Å². The highest BCUT2D eigenvalue weighted by molar-refractivity contribution is 5.78. The fraction of sp³-hybridized carbons (Fsp3) is 0.957. The summed E-state index contributed by atoms with van der Waals surface area (Å²) in [5.41, 5.74) is -0.167. The Labute approximate surface area is 152 Å². The Balaban J connectivity index is 1.29. The van der Waals surface area contributed by atoms with Crippen molar-refractivity contribution in [2.24, 2.45) is 46.8 Å². The van der Waals surface area contributed by atoms with Crippen LogP contribution in [0, 0.1) is 46.8 Å². The molecule has 0 unspecified atom stereocenters. The zero-order valence-electron chi connectivity index (χ0n) is 15.8. The highest BCUT2D eigenvalue weighted by atomic mass is 16.6. The topological polar surface area (TPSA) is 26.3 Å². The van der Waals surface area contributed by atoms with Gasteiger partial charge in [-0.3, -0.25) is 4.79 Å². The van der Waals surface area contributed by atoms with Crippen LogP contribution in [0.15, 0.2) is 0 Å². The summed E-state index contributed by atoms with van der Waals surface area (Å²) >= 11 is 0. The van der Waals surface area contributed by atoms with Crippen LogP contribution in [-0.4, -0.2) is 11.6 Å². The van der Waals surface area contributed by atoms with Gasteiger partial charge in [-0.2, -0.15) is 0 Å². The second-order valence-electron chi connectivity index (χ2n) is 11.2. The maximum Gasteiger partial charge on any atom is 0.312 e. The molecular formula is C23H34O2. The molecule has 8 aliphatic carbocycles. The molecule has 0 amide bonds. The van der Waals surface area contributed by atoms with Crippen molar-refractivity contribution in [1.82, 2.24) is 0 Å². The molecule has 138 valence electrons. The number of hydrogen-bond donors (Lipinski definition) is 0. The zero-order chi connectivity index (χ0) is 16.8. The largest absolute Gasteiger partial charge is 0.458 e. The zero-order valence-corrected chi connectivity index (χ0v) is 15.8. The van der Waals surface area contributed by atoms with Gasteiger partial charge in [0.25, 0.3) is 0 Å². The lowest BCUT2D eigenvalue weighted by Gasteiger charge is -2.61. The summed E-state index contributed by atoms with van der Waals surface area (Å²) in [6.45, 7) is 2.30. The van der Waals surface area contributed by atoms with Crippen molar-refractivity contribution in [3.8, 4) is 0 Å². The van der Waals surface area contributed by atoms with Crippen molar-refractivity contribution in [3.63, 3.8) is 0 Å². The molecule has 2 nitrogen and oxygen atoms in total. The lowest BCUT2D eigenvalue weighted by atomic mass is 9.48. The van der Waals surface area contributed by atoms with Crippen molar-refractivity contribution in [1.29, 1.82) is 0 Å². The van der Waals surface area contributed by atoms with Gasteiger partial charge in [-0.05, 0) is 118 Å². The standard InChI is InChI=1S/C23H34O2/c1-2-23(19-7-14-3-15(9-19)10-20(23)8-14)25-21(24)22-11-16-4-17(12-22)6-18(5-16)13-22/h14-20H,2-13H2,1H3. The van der Waals surface area contributed by atoms with Crippen LogP contribution in [0.5, 0.6) is 0 Å². The van der Waals surface area contributed by atoms with Gasteiger partial charge >= 0.3 is 5.97 Å². The predicted octanol–water partition coefficient (Wildman–Crippen LogP) is 5.35. The average molecular weight is 343 g/mol. The van der Waals surface area contributed by atoms with Crippen LogP contribution in [0.2, 0.25) is 0 Å². The quantitative estimate of drug-likeness (QED) is 0.646. The minimum Gasteiger partial charge on any atom is -0.458 e. The minimum absolute atomic E-state index is 0.0778. The van der Waals surface area contributed by atoms with Gasteiger partial charge < -0.3 is 4.74 Å². The maximum atomic E-state index is 13.6. The lowest BCUT2D eigenvalue weighted by molar-refractivity contribution is -0.227. The van der Waals surface area contributed by atoms with Crippen LogP contribution in [0.25, 0.3) is 0 Å². The number of ether oxygens (including phenoxy) is 1. The van der Waals surface area contributed by atoms with Crippen LogP contribution in [0.3, 0.4) is 0 Å². The Morgan fingerprint density at radius 1 is 0.760 bits per heavy atom. The first-order valence-electron chi connectivity index (χ1n) is 11.3. The smallest absolute Gasteiger partial charge is 0.312 e. The number of esters is 1. The fourth-order valence-electron chi connectivity index (χ4n) is 9.44. The van der Waals surface area contributed by atoms with Crippen LogP contribution in [0.1, 0.15) is 84.0 Å². The molecule has 0 aromatic carbocycles. The lowest BCUT2D eigenvalue weighted by Crippen LogP contribution is -2.61. The van der Waals surface area contributed by atoms with Gasteiger partial charge in [0.2, 0.25) is 0 Å². The molecule has 2 heteroatoms. The van der Waals surface area contributed by atoms with E-state index in [1.54, 1.807) is 0 Å². The van der Waals surface area contributed by atoms with Crippen molar-refractivity contribution in [3.05, 3.63) is 0 Å². The van der Waals surface area contributed by atoms with E-state index in [0.717, 1.165) is 55.3 Å². The Kier molecular flexibility index (Phi) is 3.13. The van der Waals surface area contributed by atoms with E-state index in [0.29, 0.717) is 11.8 Å². The van der Waals surface area contributed by atoms with Crippen LogP contribution < -0.4 is 0 Å². The Bertz CT molecular complexity index is 528. The number of carbonyl (C=O) groups is 1.